The lowest BCUT2D eigenvalue weighted by Gasteiger charge is -2.38. The summed E-state index contributed by atoms with van der Waals surface area (Å²) in [5.74, 6) is 2.85. The van der Waals surface area contributed by atoms with E-state index in [1.54, 1.807) is 0 Å². The topological polar surface area (TPSA) is 40.7 Å². The molecule has 0 aliphatic heterocycles. The van der Waals surface area contributed by atoms with Gasteiger partial charge in [-0.15, -0.1) is 0 Å². The highest BCUT2D eigenvalue weighted by Crippen LogP contribution is 2.35. The van der Waals surface area contributed by atoms with E-state index in [-0.39, 0.29) is 0 Å². The first-order valence-electron chi connectivity index (χ1n) is 10.5. The van der Waals surface area contributed by atoms with Crippen molar-refractivity contribution in [1.29, 1.82) is 0 Å². The fraction of sp³-hybridized carbons (Fsp3) is 0.682. The normalized spacial score (nSPS) is 20.6. The summed E-state index contributed by atoms with van der Waals surface area (Å²) in [6.45, 7) is 3.02. The van der Waals surface area contributed by atoms with Gasteiger partial charge in [0.2, 0.25) is 0 Å². The summed E-state index contributed by atoms with van der Waals surface area (Å²) in [4.78, 5) is 8.32. The number of aromatic amines is 1. The summed E-state index contributed by atoms with van der Waals surface area (Å²) in [5, 5.41) is 3.96. The van der Waals surface area contributed by atoms with E-state index in [0.29, 0.717) is 6.04 Å². The van der Waals surface area contributed by atoms with Gasteiger partial charge in [0.25, 0.3) is 0 Å². The largest absolute Gasteiger partial charge is 0.341 e. The van der Waals surface area contributed by atoms with Gasteiger partial charge in [0.1, 0.15) is 5.82 Å². The van der Waals surface area contributed by atoms with Crippen LogP contribution in [-0.4, -0.2) is 16.0 Å². The first-order valence-corrected chi connectivity index (χ1v) is 10.5. The number of imidazole rings is 1. The molecule has 3 nitrogen and oxygen atoms in total. The fourth-order valence-corrected chi connectivity index (χ4v) is 5.18. The van der Waals surface area contributed by atoms with Gasteiger partial charge in [0.15, 0.2) is 0 Å². The van der Waals surface area contributed by atoms with Crippen LogP contribution in [0.5, 0.6) is 0 Å². The average molecular weight is 340 g/mol. The molecular formula is C22H33N3. The van der Waals surface area contributed by atoms with Crippen molar-refractivity contribution in [3.63, 3.8) is 0 Å². The number of benzene rings is 1. The lowest BCUT2D eigenvalue weighted by Crippen LogP contribution is -2.43. The number of nitrogens with zero attached hydrogens (tertiary/aromatic N) is 1. The van der Waals surface area contributed by atoms with Gasteiger partial charge in [0.05, 0.1) is 17.6 Å². The molecule has 136 valence electrons. The molecule has 0 unspecified atom stereocenters. The number of aromatic nitrogens is 2. The summed E-state index contributed by atoms with van der Waals surface area (Å²) in [6.07, 6.45) is 14.3. The molecule has 2 saturated carbocycles. The molecule has 4 rings (SSSR count). The Morgan fingerprint density at radius 3 is 2.28 bits per heavy atom. The van der Waals surface area contributed by atoms with Gasteiger partial charge in [0, 0.05) is 6.04 Å². The van der Waals surface area contributed by atoms with Crippen molar-refractivity contribution in [3.05, 3.63) is 29.6 Å². The van der Waals surface area contributed by atoms with Crippen LogP contribution in [-0.2, 0) is 6.54 Å². The van der Waals surface area contributed by atoms with Crippen molar-refractivity contribution >= 4 is 11.0 Å². The van der Waals surface area contributed by atoms with Crippen LogP contribution in [0.25, 0.3) is 11.0 Å². The van der Waals surface area contributed by atoms with E-state index in [2.05, 4.69) is 35.4 Å². The zero-order valence-corrected chi connectivity index (χ0v) is 15.7. The fourth-order valence-electron chi connectivity index (χ4n) is 5.18. The maximum atomic E-state index is 4.80. The lowest BCUT2D eigenvalue weighted by atomic mass is 9.74. The average Bonchev–Trinajstić information content (AvgIpc) is 3.05. The first kappa shape index (κ1) is 17.1. The van der Waals surface area contributed by atoms with Gasteiger partial charge in [-0.05, 0) is 62.1 Å². The molecule has 2 aromatic rings. The van der Waals surface area contributed by atoms with Gasteiger partial charge in [-0.1, -0.05) is 44.6 Å². The zero-order valence-electron chi connectivity index (χ0n) is 15.7. The molecule has 1 heterocycles. The Bertz CT molecular complexity index is 660. The minimum Gasteiger partial charge on any atom is -0.341 e. The van der Waals surface area contributed by atoms with Gasteiger partial charge in [-0.25, -0.2) is 4.98 Å². The van der Waals surface area contributed by atoms with E-state index >= 15 is 0 Å². The van der Waals surface area contributed by atoms with Crippen molar-refractivity contribution in [1.82, 2.24) is 15.3 Å². The Morgan fingerprint density at radius 1 is 1.00 bits per heavy atom. The second-order valence-electron chi connectivity index (χ2n) is 8.41. The van der Waals surface area contributed by atoms with Gasteiger partial charge in [-0.3, -0.25) is 0 Å². The van der Waals surface area contributed by atoms with Gasteiger partial charge < -0.3 is 10.3 Å². The van der Waals surface area contributed by atoms with Crippen LogP contribution < -0.4 is 5.32 Å². The predicted molar refractivity (Wildman–Crippen MR) is 105 cm³/mol. The Kier molecular flexibility index (Phi) is 5.40. The highest BCUT2D eigenvalue weighted by Gasteiger charge is 2.31. The third-order valence-electron chi connectivity index (χ3n) is 6.51. The maximum absolute atomic E-state index is 4.80. The second kappa shape index (κ2) is 7.90. The van der Waals surface area contributed by atoms with Crippen LogP contribution in [0.15, 0.2) is 18.2 Å². The van der Waals surface area contributed by atoms with Crippen LogP contribution in [0.1, 0.15) is 75.6 Å². The maximum Gasteiger partial charge on any atom is 0.121 e. The van der Waals surface area contributed by atoms with Crippen LogP contribution in [0.2, 0.25) is 0 Å². The van der Waals surface area contributed by atoms with Crippen LogP contribution in [0, 0.1) is 18.8 Å². The molecule has 0 amide bonds. The standard InChI is InChI=1S/C22H33N3/c1-16-12-13-19-20(14-16)25-21(24-19)15-23-22(17-8-4-2-5-9-17)18-10-6-3-7-11-18/h12-14,17-18,22-23H,2-11,15H2,1H3,(H,24,25). The monoisotopic (exact) mass is 339 g/mol. The molecule has 1 aromatic carbocycles. The van der Waals surface area contributed by atoms with Gasteiger partial charge in [-0.2, -0.15) is 0 Å². The Morgan fingerprint density at radius 2 is 1.64 bits per heavy atom. The van der Waals surface area contributed by atoms with Crippen molar-refractivity contribution in [2.24, 2.45) is 11.8 Å². The van der Waals surface area contributed by atoms with Gasteiger partial charge >= 0.3 is 0 Å². The summed E-state index contributed by atoms with van der Waals surface area (Å²) in [6, 6.07) is 7.17. The summed E-state index contributed by atoms with van der Waals surface area (Å²) in [5.41, 5.74) is 3.55. The Hall–Kier alpha value is -1.35. The molecule has 2 fully saturated rings. The van der Waals surface area contributed by atoms with E-state index in [1.807, 2.05) is 0 Å². The van der Waals surface area contributed by atoms with E-state index in [0.717, 1.165) is 29.7 Å². The Balaban J connectivity index is 1.46. The lowest BCUT2D eigenvalue weighted by molar-refractivity contribution is 0.170. The van der Waals surface area contributed by atoms with E-state index in [9.17, 15) is 0 Å². The number of nitrogens with one attached hydrogen (secondary N) is 2. The first-order chi connectivity index (χ1) is 12.3. The molecule has 0 bridgehead atoms. The van der Waals surface area contributed by atoms with Crippen molar-refractivity contribution < 1.29 is 0 Å². The quantitative estimate of drug-likeness (QED) is 0.756. The highest BCUT2D eigenvalue weighted by molar-refractivity contribution is 5.75. The Labute approximate surface area is 152 Å². The van der Waals surface area contributed by atoms with Crippen LogP contribution >= 0.6 is 0 Å². The van der Waals surface area contributed by atoms with Crippen molar-refractivity contribution in [2.75, 3.05) is 0 Å². The summed E-state index contributed by atoms with van der Waals surface area (Å²) >= 11 is 0. The molecule has 0 radical (unpaired) electrons. The predicted octanol–water partition coefficient (Wildman–Crippen LogP) is 5.49. The van der Waals surface area contributed by atoms with E-state index in [4.69, 9.17) is 4.98 Å². The number of H-pyrrole nitrogens is 1. The molecule has 2 aliphatic carbocycles. The number of rotatable bonds is 5. The van der Waals surface area contributed by atoms with Crippen LogP contribution in [0.4, 0.5) is 0 Å². The highest BCUT2D eigenvalue weighted by atomic mass is 15.0. The second-order valence-corrected chi connectivity index (χ2v) is 8.41. The SMILES string of the molecule is Cc1ccc2nc(CNC(C3CCCCC3)C3CCCCC3)[nH]c2c1. The zero-order chi connectivity index (χ0) is 17.1. The van der Waals surface area contributed by atoms with Crippen LogP contribution in [0.3, 0.4) is 0 Å². The number of hydrogen-bond donors (Lipinski definition) is 2. The third-order valence-corrected chi connectivity index (χ3v) is 6.51. The minimum absolute atomic E-state index is 0.690. The molecule has 0 saturated heterocycles. The van der Waals surface area contributed by atoms with Crippen molar-refractivity contribution in [3.8, 4) is 0 Å². The third kappa shape index (κ3) is 4.08. The van der Waals surface area contributed by atoms with E-state index < -0.39 is 0 Å². The molecule has 1 aromatic heterocycles. The van der Waals surface area contributed by atoms with E-state index in [1.165, 1.54) is 75.3 Å². The number of aryl methyl sites for hydroxylation is 1. The molecule has 3 heteroatoms. The molecular weight excluding hydrogens is 306 g/mol. The minimum atomic E-state index is 0.690. The molecule has 0 atom stereocenters. The number of hydrogen-bond acceptors (Lipinski definition) is 2. The molecule has 2 N–H and O–H groups in total. The summed E-state index contributed by atoms with van der Waals surface area (Å²) in [7, 11) is 0. The number of fused-ring (bicyclic) bond motifs is 1. The molecule has 25 heavy (non-hydrogen) atoms. The van der Waals surface area contributed by atoms with Crippen molar-refractivity contribution in [2.45, 2.75) is 83.7 Å². The molecule has 2 aliphatic rings. The smallest absolute Gasteiger partial charge is 0.121 e. The molecule has 0 spiro atoms. The summed E-state index contributed by atoms with van der Waals surface area (Å²) < 4.78 is 0.